The summed E-state index contributed by atoms with van der Waals surface area (Å²) >= 11 is 1.23. The minimum absolute atomic E-state index is 0.0135. The van der Waals surface area contributed by atoms with Gasteiger partial charge in [-0.3, -0.25) is 4.79 Å². The third kappa shape index (κ3) is 3.51. The van der Waals surface area contributed by atoms with Gasteiger partial charge in [0.05, 0.1) is 0 Å². The van der Waals surface area contributed by atoms with Crippen LogP contribution in [0.15, 0.2) is 32.9 Å². The Morgan fingerprint density at radius 3 is 2.83 bits per heavy atom. The molecule has 0 unspecified atom stereocenters. The summed E-state index contributed by atoms with van der Waals surface area (Å²) in [6.45, 7) is 2.89. The van der Waals surface area contributed by atoms with Crippen LogP contribution >= 0.6 is 11.3 Å². The molecule has 126 valence electrons. The summed E-state index contributed by atoms with van der Waals surface area (Å²) in [6, 6.07) is 3.28. The van der Waals surface area contributed by atoms with Crippen LogP contribution in [0, 0.1) is 0 Å². The van der Waals surface area contributed by atoms with Gasteiger partial charge in [-0.15, -0.1) is 11.3 Å². The van der Waals surface area contributed by atoms with E-state index >= 15 is 0 Å². The van der Waals surface area contributed by atoms with Crippen LogP contribution in [0.3, 0.4) is 0 Å². The first-order valence-electron chi connectivity index (χ1n) is 8.01. The summed E-state index contributed by atoms with van der Waals surface area (Å²) in [7, 11) is -3.43. The van der Waals surface area contributed by atoms with E-state index in [0.717, 1.165) is 37.7 Å². The third-order valence-corrected chi connectivity index (χ3v) is 7.81. The van der Waals surface area contributed by atoms with Crippen LogP contribution in [0.2, 0.25) is 0 Å². The molecule has 3 rings (SSSR count). The standard InChI is InChI=1S/C16H22N2O3S2/c1-12-5-2-7-14(12)16(19)17-13-6-3-9-18(11-13)23(20,21)15-8-4-10-22-15/h4,8,10,13H,2-3,5-7,9,11H2,1H3,(H,17,19)/t13-/m1/s1. The molecule has 1 aromatic heterocycles. The Morgan fingerprint density at radius 1 is 1.35 bits per heavy atom. The zero-order valence-electron chi connectivity index (χ0n) is 13.2. The van der Waals surface area contributed by atoms with E-state index in [9.17, 15) is 13.2 Å². The van der Waals surface area contributed by atoms with Crippen LogP contribution in [-0.4, -0.2) is 37.8 Å². The highest BCUT2D eigenvalue weighted by atomic mass is 32.2. The highest BCUT2D eigenvalue weighted by molar-refractivity contribution is 7.91. The van der Waals surface area contributed by atoms with Gasteiger partial charge in [-0.2, -0.15) is 4.31 Å². The molecule has 23 heavy (non-hydrogen) atoms. The third-order valence-electron chi connectivity index (χ3n) is 4.58. The zero-order valence-corrected chi connectivity index (χ0v) is 14.9. The van der Waals surface area contributed by atoms with Crippen LogP contribution in [0.25, 0.3) is 0 Å². The van der Waals surface area contributed by atoms with E-state index in [1.165, 1.54) is 21.2 Å². The Balaban J connectivity index is 1.67. The number of amides is 1. The Bertz CT molecular complexity index is 708. The molecule has 0 saturated carbocycles. The van der Waals surface area contributed by atoms with Crippen molar-refractivity contribution in [3.8, 4) is 0 Å². The van der Waals surface area contributed by atoms with Crippen LogP contribution in [0.4, 0.5) is 0 Å². The Hall–Kier alpha value is -1.18. The quantitative estimate of drug-likeness (QED) is 0.903. The maximum atomic E-state index is 12.6. The van der Waals surface area contributed by atoms with Crippen LogP contribution in [-0.2, 0) is 14.8 Å². The fourth-order valence-corrected chi connectivity index (χ4v) is 5.96. The SMILES string of the molecule is CC1=C(C(=O)N[C@@H]2CCCN(S(=O)(=O)c3cccs3)C2)CCC1. The molecule has 0 spiro atoms. The average Bonchev–Trinajstić information content (AvgIpc) is 3.19. The van der Waals surface area contributed by atoms with Crippen molar-refractivity contribution in [3.63, 3.8) is 0 Å². The summed E-state index contributed by atoms with van der Waals surface area (Å²) in [5.74, 6) is -0.0135. The molecular formula is C16H22N2O3S2. The number of nitrogens with zero attached hydrogens (tertiary/aromatic N) is 1. The van der Waals surface area contributed by atoms with Gasteiger partial charge in [0.2, 0.25) is 5.91 Å². The summed E-state index contributed by atoms with van der Waals surface area (Å²) in [6.07, 6.45) is 4.47. The number of hydrogen-bond donors (Lipinski definition) is 1. The lowest BCUT2D eigenvalue weighted by atomic mass is 10.1. The monoisotopic (exact) mass is 354 g/mol. The lowest BCUT2D eigenvalue weighted by Crippen LogP contribution is -2.49. The number of nitrogens with one attached hydrogen (secondary N) is 1. The number of carbonyl (C=O) groups excluding carboxylic acids is 1. The molecular weight excluding hydrogens is 332 g/mol. The molecule has 0 bridgehead atoms. The minimum atomic E-state index is -3.43. The van der Waals surface area contributed by atoms with E-state index in [1.807, 2.05) is 6.92 Å². The largest absolute Gasteiger partial charge is 0.348 e. The van der Waals surface area contributed by atoms with Crippen molar-refractivity contribution in [1.82, 2.24) is 9.62 Å². The number of allylic oxidation sites excluding steroid dienone is 1. The van der Waals surface area contributed by atoms with Crippen molar-refractivity contribution >= 4 is 27.3 Å². The van der Waals surface area contributed by atoms with Crippen molar-refractivity contribution in [2.75, 3.05) is 13.1 Å². The molecule has 1 saturated heterocycles. The van der Waals surface area contributed by atoms with E-state index in [4.69, 9.17) is 0 Å². The molecule has 0 radical (unpaired) electrons. The van der Waals surface area contributed by atoms with Crippen molar-refractivity contribution in [2.24, 2.45) is 0 Å². The summed E-state index contributed by atoms with van der Waals surface area (Å²) in [5, 5.41) is 4.81. The average molecular weight is 354 g/mol. The minimum Gasteiger partial charge on any atom is -0.348 e. The predicted octanol–water partition coefficient (Wildman–Crippen LogP) is 2.52. The molecule has 1 atom stereocenters. The van der Waals surface area contributed by atoms with Crippen LogP contribution in [0.1, 0.15) is 39.0 Å². The first-order chi connectivity index (χ1) is 11.0. The molecule has 0 aromatic carbocycles. The van der Waals surface area contributed by atoms with E-state index < -0.39 is 10.0 Å². The maximum Gasteiger partial charge on any atom is 0.252 e. The van der Waals surface area contributed by atoms with Crippen molar-refractivity contribution in [1.29, 1.82) is 0 Å². The lowest BCUT2D eigenvalue weighted by Gasteiger charge is -2.32. The lowest BCUT2D eigenvalue weighted by molar-refractivity contribution is -0.118. The highest BCUT2D eigenvalue weighted by Crippen LogP contribution is 2.27. The highest BCUT2D eigenvalue weighted by Gasteiger charge is 2.32. The molecule has 1 amide bonds. The van der Waals surface area contributed by atoms with Gasteiger partial charge in [0, 0.05) is 24.7 Å². The van der Waals surface area contributed by atoms with Gasteiger partial charge in [-0.1, -0.05) is 11.6 Å². The molecule has 1 fully saturated rings. The van der Waals surface area contributed by atoms with Crippen LogP contribution in [0.5, 0.6) is 0 Å². The van der Waals surface area contributed by atoms with Gasteiger partial charge < -0.3 is 5.32 Å². The number of hydrogen-bond acceptors (Lipinski definition) is 4. The van der Waals surface area contributed by atoms with Gasteiger partial charge in [-0.25, -0.2) is 8.42 Å². The van der Waals surface area contributed by atoms with E-state index in [-0.39, 0.29) is 11.9 Å². The number of thiophene rings is 1. The van der Waals surface area contributed by atoms with E-state index in [0.29, 0.717) is 17.3 Å². The van der Waals surface area contributed by atoms with Gasteiger partial charge in [0.15, 0.2) is 0 Å². The van der Waals surface area contributed by atoms with Gasteiger partial charge in [-0.05, 0) is 50.5 Å². The topological polar surface area (TPSA) is 66.5 Å². The van der Waals surface area contributed by atoms with Crippen LogP contribution < -0.4 is 5.32 Å². The Morgan fingerprint density at radius 2 is 2.17 bits per heavy atom. The second-order valence-electron chi connectivity index (χ2n) is 6.22. The van der Waals surface area contributed by atoms with E-state index in [1.54, 1.807) is 17.5 Å². The molecule has 5 nitrogen and oxygen atoms in total. The summed E-state index contributed by atoms with van der Waals surface area (Å²) in [4.78, 5) is 12.4. The van der Waals surface area contributed by atoms with Crippen molar-refractivity contribution in [3.05, 3.63) is 28.7 Å². The fraction of sp³-hybridized carbons (Fsp3) is 0.562. The molecule has 2 aliphatic rings. The van der Waals surface area contributed by atoms with Gasteiger partial charge in [0.1, 0.15) is 4.21 Å². The molecule has 1 N–H and O–H groups in total. The van der Waals surface area contributed by atoms with Crippen molar-refractivity contribution in [2.45, 2.75) is 49.3 Å². The van der Waals surface area contributed by atoms with Crippen molar-refractivity contribution < 1.29 is 13.2 Å². The Labute approximate surface area is 141 Å². The predicted molar refractivity (Wildman–Crippen MR) is 90.8 cm³/mol. The number of piperidine rings is 1. The molecule has 1 aliphatic carbocycles. The molecule has 2 heterocycles. The second kappa shape index (κ2) is 6.75. The van der Waals surface area contributed by atoms with Gasteiger partial charge >= 0.3 is 0 Å². The molecule has 1 aliphatic heterocycles. The Kier molecular flexibility index (Phi) is 4.89. The maximum absolute atomic E-state index is 12.6. The molecule has 7 heteroatoms. The number of rotatable bonds is 4. The van der Waals surface area contributed by atoms with E-state index in [2.05, 4.69) is 5.32 Å². The van der Waals surface area contributed by atoms with Gasteiger partial charge in [0.25, 0.3) is 10.0 Å². The number of sulfonamides is 1. The normalized spacial score (nSPS) is 23.3. The summed E-state index contributed by atoms with van der Waals surface area (Å²) in [5.41, 5.74) is 2.06. The second-order valence-corrected chi connectivity index (χ2v) is 9.33. The first kappa shape index (κ1) is 16.7. The molecule has 1 aromatic rings. The first-order valence-corrected chi connectivity index (χ1v) is 10.3. The smallest absolute Gasteiger partial charge is 0.252 e. The zero-order chi connectivity index (χ0) is 16.4. The summed E-state index contributed by atoms with van der Waals surface area (Å²) < 4.78 is 27.1. The fourth-order valence-electron chi connectivity index (χ4n) is 3.29. The number of carbonyl (C=O) groups is 1.